The molecule has 0 saturated carbocycles. The lowest BCUT2D eigenvalue weighted by molar-refractivity contribution is 0.0746. The van der Waals surface area contributed by atoms with E-state index in [2.05, 4.69) is 39.6 Å². The fourth-order valence-corrected chi connectivity index (χ4v) is 4.19. The lowest BCUT2D eigenvalue weighted by atomic mass is 10.1. The highest BCUT2D eigenvalue weighted by Gasteiger charge is 2.27. The van der Waals surface area contributed by atoms with E-state index in [1.807, 2.05) is 36.9 Å². The Bertz CT molecular complexity index is 1130. The number of anilines is 1. The van der Waals surface area contributed by atoms with Crippen LogP contribution in [0.25, 0.3) is 5.69 Å². The number of nitrogens with zero attached hydrogens (tertiary/aromatic N) is 5. The first-order chi connectivity index (χ1) is 14.5. The molecule has 1 fully saturated rings. The average Bonchev–Trinajstić information content (AvgIpc) is 3.07. The van der Waals surface area contributed by atoms with Crippen LogP contribution >= 0.6 is 0 Å². The highest BCUT2D eigenvalue weighted by molar-refractivity contribution is 5.96. The molecule has 0 spiro atoms. The number of nitriles is 1. The van der Waals surface area contributed by atoms with E-state index < -0.39 is 0 Å². The Morgan fingerprint density at radius 2 is 1.77 bits per heavy atom. The van der Waals surface area contributed by atoms with Crippen molar-refractivity contribution in [3.63, 3.8) is 0 Å². The first-order valence-electron chi connectivity index (χ1n) is 10.2. The molecule has 1 saturated heterocycles. The summed E-state index contributed by atoms with van der Waals surface area (Å²) in [6.45, 7) is 8.67. The number of benzene rings is 1. The van der Waals surface area contributed by atoms with Crippen LogP contribution in [0.5, 0.6) is 0 Å². The maximum absolute atomic E-state index is 13.3. The Morgan fingerprint density at radius 1 is 1.03 bits per heavy atom. The molecule has 6 heteroatoms. The van der Waals surface area contributed by atoms with Crippen molar-refractivity contribution in [1.82, 2.24) is 14.5 Å². The van der Waals surface area contributed by atoms with Crippen molar-refractivity contribution in [3.05, 3.63) is 76.7 Å². The standard InChI is InChI=1S/C24H25N5O/c1-17-7-4-5-9-22(17)29-18(2)15-21(19(29)3)24(30)28-13-11-27(12-14-28)23-20(16-25)8-6-10-26-23/h4-10,15H,11-14H2,1-3H3. The van der Waals surface area contributed by atoms with E-state index in [0.717, 1.165) is 22.6 Å². The number of amides is 1. The number of hydrogen-bond donors (Lipinski definition) is 0. The van der Waals surface area contributed by atoms with E-state index >= 15 is 0 Å². The van der Waals surface area contributed by atoms with Gasteiger partial charge < -0.3 is 14.4 Å². The summed E-state index contributed by atoms with van der Waals surface area (Å²) in [5.41, 5.74) is 5.62. The molecule has 3 heterocycles. The summed E-state index contributed by atoms with van der Waals surface area (Å²) in [5.74, 6) is 0.758. The summed E-state index contributed by atoms with van der Waals surface area (Å²) >= 11 is 0. The van der Waals surface area contributed by atoms with Crippen LogP contribution in [0.1, 0.15) is 32.9 Å². The molecule has 1 amide bonds. The van der Waals surface area contributed by atoms with Crippen molar-refractivity contribution in [2.75, 3.05) is 31.1 Å². The van der Waals surface area contributed by atoms with E-state index in [-0.39, 0.29) is 5.91 Å². The maximum Gasteiger partial charge on any atom is 0.255 e. The molecule has 1 aromatic carbocycles. The van der Waals surface area contributed by atoms with Crippen LogP contribution in [0.3, 0.4) is 0 Å². The zero-order chi connectivity index (χ0) is 21.3. The lowest BCUT2D eigenvalue weighted by Crippen LogP contribution is -2.49. The van der Waals surface area contributed by atoms with Crippen LogP contribution in [-0.2, 0) is 0 Å². The average molecular weight is 399 g/mol. The molecule has 2 aromatic heterocycles. The van der Waals surface area contributed by atoms with E-state index in [0.29, 0.717) is 37.6 Å². The fraction of sp³-hybridized carbons (Fsp3) is 0.292. The maximum atomic E-state index is 13.3. The molecule has 0 N–H and O–H groups in total. The fourth-order valence-electron chi connectivity index (χ4n) is 4.19. The van der Waals surface area contributed by atoms with Crippen molar-refractivity contribution >= 4 is 11.7 Å². The van der Waals surface area contributed by atoms with E-state index in [4.69, 9.17) is 0 Å². The summed E-state index contributed by atoms with van der Waals surface area (Å²) in [7, 11) is 0. The van der Waals surface area contributed by atoms with E-state index in [1.165, 1.54) is 5.56 Å². The number of carbonyl (C=O) groups excluding carboxylic acids is 1. The topological polar surface area (TPSA) is 65.2 Å². The Kier molecular flexibility index (Phi) is 5.28. The molecule has 0 atom stereocenters. The molecule has 3 aromatic rings. The third kappa shape index (κ3) is 3.43. The molecule has 152 valence electrons. The largest absolute Gasteiger partial charge is 0.352 e. The van der Waals surface area contributed by atoms with Crippen molar-refractivity contribution in [2.45, 2.75) is 20.8 Å². The minimum absolute atomic E-state index is 0.0594. The van der Waals surface area contributed by atoms with Crippen molar-refractivity contribution in [2.24, 2.45) is 0 Å². The molecule has 6 nitrogen and oxygen atoms in total. The van der Waals surface area contributed by atoms with Gasteiger partial charge in [0.05, 0.1) is 11.1 Å². The summed E-state index contributed by atoms with van der Waals surface area (Å²) in [5, 5.41) is 9.33. The third-order valence-corrected chi connectivity index (χ3v) is 5.79. The second kappa shape index (κ2) is 8.03. The molecule has 0 aliphatic carbocycles. The number of aromatic nitrogens is 2. The zero-order valence-corrected chi connectivity index (χ0v) is 17.6. The van der Waals surface area contributed by atoms with Crippen molar-refractivity contribution < 1.29 is 4.79 Å². The molecule has 0 radical (unpaired) electrons. The van der Waals surface area contributed by atoms with Crippen LogP contribution in [0.4, 0.5) is 5.82 Å². The first kappa shape index (κ1) is 19.7. The summed E-state index contributed by atoms with van der Waals surface area (Å²) in [6, 6.07) is 16.0. The smallest absolute Gasteiger partial charge is 0.255 e. The number of carbonyl (C=O) groups is 1. The van der Waals surface area contributed by atoms with Gasteiger partial charge in [0.1, 0.15) is 11.9 Å². The van der Waals surface area contributed by atoms with Gasteiger partial charge in [0.2, 0.25) is 0 Å². The number of rotatable bonds is 3. The Labute approximate surface area is 177 Å². The van der Waals surface area contributed by atoms with Gasteiger partial charge in [-0.25, -0.2) is 4.98 Å². The number of piperazine rings is 1. The van der Waals surface area contributed by atoms with Gasteiger partial charge in [-0.3, -0.25) is 4.79 Å². The summed E-state index contributed by atoms with van der Waals surface area (Å²) < 4.78 is 2.16. The predicted octanol–water partition coefficient (Wildman–Crippen LogP) is 3.63. The molecular formula is C24H25N5O. The number of hydrogen-bond acceptors (Lipinski definition) is 4. The Balaban J connectivity index is 1.54. The first-order valence-corrected chi connectivity index (χ1v) is 10.2. The molecule has 0 bridgehead atoms. The van der Waals surface area contributed by atoms with Gasteiger partial charge in [-0.2, -0.15) is 5.26 Å². The van der Waals surface area contributed by atoms with Crippen LogP contribution < -0.4 is 4.90 Å². The Hall–Kier alpha value is -3.59. The minimum Gasteiger partial charge on any atom is -0.352 e. The molecule has 1 aliphatic rings. The van der Waals surface area contributed by atoms with E-state index in [9.17, 15) is 10.1 Å². The summed E-state index contributed by atoms with van der Waals surface area (Å²) in [4.78, 5) is 21.6. The highest BCUT2D eigenvalue weighted by atomic mass is 16.2. The SMILES string of the molecule is Cc1ccccc1-n1c(C)cc(C(=O)N2CCN(c3ncccc3C#N)CC2)c1C. The summed E-state index contributed by atoms with van der Waals surface area (Å²) in [6.07, 6.45) is 1.70. The van der Waals surface area contributed by atoms with Gasteiger partial charge in [-0.1, -0.05) is 18.2 Å². The highest BCUT2D eigenvalue weighted by Crippen LogP contribution is 2.25. The van der Waals surface area contributed by atoms with Crippen molar-refractivity contribution in [3.8, 4) is 11.8 Å². The number of pyridine rings is 1. The minimum atomic E-state index is 0.0594. The Morgan fingerprint density at radius 3 is 2.47 bits per heavy atom. The molecule has 4 rings (SSSR count). The second-order valence-electron chi connectivity index (χ2n) is 7.67. The molecule has 1 aliphatic heterocycles. The number of aryl methyl sites for hydroxylation is 2. The lowest BCUT2D eigenvalue weighted by Gasteiger charge is -2.35. The normalized spacial score (nSPS) is 13.9. The van der Waals surface area contributed by atoms with E-state index in [1.54, 1.807) is 18.3 Å². The monoisotopic (exact) mass is 399 g/mol. The number of para-hydroxylation sites is 1. The third-order valence-electron chi connectivity index (χ3n) is 5.79. The quantitative estimate of drug-likeness (QED) is 0.675. The van der Waals surface area contributed by atoms with Crippen molar-refractivity contribution in [1.29, 1.82) is 5.26 Å². The second-order valence-corrected chi connectivity index (χ2v) is 7.67. The van der Waals surface area contributed by atoms with Crippen LogP contribution in [-0.4, -0.2) is 46.5 Å². The molecule has 30 heavy (non-hydrogen) atoms. The van der Waals surface area contributed by atoms with Gasteiger partial charge in [0.25, 0.3) is 5.91 Å². The predicted molar refractivity (Wildman–Crippen MR) is 117 cm³/mol. The van der Waals surface area contributed by atoms with Gasteiger partial charge in [-0.05, 0) is 50.6 Å². The van der Waals surface area contributed by atoms with Gasteiger partial charge in [-0.15, -0.1) is 0 Å². The zero-order valence-electron chi connectivity index (χ0n) is 17.6. The van der Waals surface area contributed by atoms with Crippen LogP contribution in [0.15, 0.2) is 48.7 Å². The van der Waals surface area contributed by atoms with Gasteiger partial charge in [0.15, 0.2) is 0 Å². The van der Waals surface area contributed by atoms with Crippen LogP contribution in [0.2, 0.25) is 0 Å². The molecule has 0 unspecified atom stereocenters. The van der Waals surface area contributed by atoms with Gasteiger partial charge >= 0.3 is 0 Å². The van der Waals surface area contributed by atoms with Gasteiger partial charge in [0, 0.05) is 49.5 Å². The van der Waals surface area contributed by atoms with Crippen LogP contribution in [0, 0.1) is 32.1 Å². The molecular weight excluding hydrogens is 374 g/mol.